The van der Waals surface area contributed by atoms with Crippen molar-refractivity contribution in [2.24, 2.45) is 0 Å². The molecule has 2 aromatic heterocycles. The van der Waals surface area contributed by atoms with Crippen LogP contribution in [0.4, 0.5) is 0 Å². The summed E-state index contributed by atoms with van der Waals surface area (Å²) < 4.78 is 0. The minimum Gasteiger partial charge on any atom is -0.263 e. The molecule has 148 valence electrons. The molecule has 0 fully saturated rings. The van der Waals surface area contributed by atoms with Crippen molar-refractivity contribution in [3.63, 3.8) is 0 Å². The fourth-order valence-electron chi connectivity index (χ4n) is 2.99. The average molecular weight is 401 g/mol. The van der Waals surface area contributed by atoms with Crippen molar-refractivity contribution in [2.45, 2.75) is 56.6 Å². The fourth-order valence-corrected chi connectivity index (χ4v) is 3.86. The van der Waals surface area contributed by atoms with Crippen LogP contribution in [-0.2, 0) is 12.2 Å². The van der Waals surface area contributed by atoms with Gasteiger partial charge in [0.05, 0.1) is 0 Å². The summed E-state index contributed by atoms with van der Waals surface area (Å²) >= 11 is 1.81. The van der Waals surface area contributed by atoms with Crippen LogP contribution in [0.1, 0.15) is 56.2 Å². The highest BCUT2D eigenvalue weighted by atomic mass is 32.2. The van der Waals surface area contributed by atoms with Crippen molar-refractivity contribution in [2.75, 3.05) is 0 Å². The van der Waals surface area contributed by atoms with E-state index in [1.54, 1.807) is 0 Å². The molecule has 0 saturated carbocycles. The van der Waals surface area contributed by atoms with E-state index in [4.69, 9.17) is 0 Å². The summed E-state index contributed by atoms with van der Waals surface area (Å²) in [7, 11) is 0. The first kappa shape index (κ1) is 21.1. The Morgan fingerprint density at radius 1 is 0.828 bits per heavy atom. The van der Waals surface area contributed by atoms with E-state index in [9.17, 15) is 0 Å². The van der Waals surface area contributed by atoms with Crippen LogP contribution < -0.4 is 0 Å². The molecule has 2 heterocycles. The molecule has 0 atom stereocenters. The van der Waals surface area contributed by atoms with Crippen molar-refractivity contribution in [3.8, 4) is 23.0 Å². The minimum absolute atomic E-state index is 0.941. The van der Waals surface area contributed by atoms with Crippen molar-refractivity contribution in [3.05, 3.63) is 77.9 Å². The Balaban J connectivity index is 1.66. The second-order valence-electron chi connectivity index (χ2n) is 7.09. The molecule has 0 unspecified atom stereocenters. The Kier molecular flexibility index (Phi) is 8.34. The number of benzene rings is 1. The second kappa shape index (κ2) is 11.4. The molecule has 1 aromatic carbocycles. The van der Waals surface area contributed by atoms with E-state index < -0.39 is 0 Å². The van der Waals surface area contributed by atoms with Crippen molar-refractivity contribution >= 4 is 11.8 Å². The molecule has 0 saturated heterocycles. The van der Waals surface area contributed by atoms with Gasteiger partial charge in [-0.1, -0.05) is 62.8 Å². The van der Waals surface area contributed by atoms with Gasteiger partial charge in [0.2, 0.25) is 0 Å². The van der Waals surface area contributed by atoms with Gasteiger partial charge < -0.3 is 0 Å². The predicted molar refractivity (Wildman–Crippen MR) is 124 cm³/mol. The lowest BCUT2D eigenvalue weighted by molar-refractivity contribution is 0.737. The van der Waals surface area contributed by atoms with E-state index in [1.807, 2.05) is 36.5 Å². The highest BCUT2D eigenvalue weighted by Gasteiger charge is 2.03. The smallest absolute Gasteiger partial charge is 0.0434 e. The molecular formula is C26H28N2S. The number of hydrogen-bond acceptors (Lipinski definition) is 3. The van der Waals surface area contributed by atoms with Gasteiger partial charge in [-0.05, 0) is 36.1 Å². The molecule has 0 aliphatic rings. The Labute approximate surface area is 179 Å². The number of nitrogens with zero attached hydrogens (tertiary/aromatic N) is 2. The number of unbranched alkanes of at least 4 members (excludes halogenated alkanes) is 3. The van der Waals surface area contributed by atoms with Crippen LogP contribution in [0.3, 0.4) is 0 Å². The molecule has 3 heteroatoms. The second-order valence-corrected chi connectivity index (χ2v) is 8.14. The molecule has 3 rings (SSSR count). The van der Waals surface area contributed by atoms with E-state index in [0.717, 1.165) is 40.2 Å². The predicted octanol–water partition coefficient (Wildman–Crippen LogP) is 6.93. The summed E-state index contributed by atoms with van der Waals surface area (Å²) in [6.45, 7) is 4.39. The van der Waals surface area contributed by atoms with Crippen LogP contribution in [0.25, 0.3) is 11.1 Å². The van der Waals surface area contributed by atoms with Crippen molar-refractivity contribution in [1.29, 1.82) is 0 Å². The third-order valence-corrected chi connectivity index (χ3v) is 5.79. The maximum absolute atomic E-state index is 4.44. The van der Waals surface area contributed by atoms with Crippen LogP contribution in [-0.4, -0.2) is 9.97 Å². The topological polar surface area (TPSA) is 25.8 Å². The van der Waals surface area contributed by atoms with Gasteiger partial charge in [-0.2, -0.15) is 0 Å². The monoisotopic (exact) mass is 400 g/mol. The molecule has 3 aromatic rings. The van der Waals surface area contributed by atoms with Crippen LogP contribution in [0, 0.1) is 11.8 Å². The number of pyridine rings is 2. The van der Waals surface area contributed by atoms with Gasteiger partial charge in [-0.3, -0.25) is 9.97 Å². The quantitative estimate of drug-likeness (QED) is 0.233. The number of rotatable bonds is 8. The summed E-state index contributed by atoms with van der Waals surface area (Å²) in [4.78, 5) is 9.99. The molecule has 0 bridgehead atoms. The van der Waals surface area contributed by atoms with Crippen LogP contribution in [0.2, 0.25) is 0 Å². The highest BCUT2D eigenvalue weighted by Crippen LogP contribution is 2.27. The SMILES string of the molecule is CCCCCC#Cc1cncc(-c2cncc(SCc3ccc(CC)cc3)c2)c1. The standard InChI is InChI=1S/C26H28N2S/c1-3-5-6-7-8-9-23-14-24(17-27-16-23)25-15-26(19-28-18-25)29-20-22-12-10-21(4-2)11-13-22/h10-19H,3-7,20H2,1-2H3. The maximum Gasteiger partial charge on any atom is 0.0434 e. The Hall–Kier alpha value is -2.57. The Morgan fingerprint density at radius 3 is 2.31 bits per heavy atom. The number of hydrogen-bond donors (Lipinski definition) is 0. The zero-order valence-electron chi connectivity index (χ0n) is 17.3. The molecule has 0 amide bonds. The van der Waals surface area contributed by atoms with E-state index in [2.05, 4.69) is 72.1 Å². The van der Waals surface area contributed by atoms with Crippen molar-refractivity contribution < 1.29 is 0 Å². The lowest BCUT2D eigenvalue weighted by atomic mass is 10.1. The van der Waals surface area contributed by atoms with Crippen LogP contribution in [0.5, 0.6) is 0 Å². The summed E-state index contributed by atoms with van der Waals surface area (Å²) in [6.07, 6.45) is 13.2. The van der Waals surface area contributed by atoms with Gasteiger partial charge in [0.1, 0.15) is 0 Å². The normalized spacial score (nSPS) is 10.4. The summed E-state index contributed by atoms with van der Waals surface area (Å²) in [5.74, 6) is 7.45. The largest absolute Gasteiger partial charge is 0.263 e. The molecule has 0 aliphatic carbocycles. The molecule has 0 N–H and O–H groups in total. The third-order valence-electron chi connectivity index (χ3n) is 4.76. The first-order valence-corrected chi connectivity index (χ1v) is 11.4. The van der Waals surface area contributed by atoms with Gasteiger partial charge in [0, 0.05) is 58.5 Å². The van der Waals surface area contributed by atoms with Crippen LogP contribution >= 0.6 is 11.8 Å². The van der Waals surface area contributed by atoms with Gasteiger partial charge in [0.15, 0.2) is 0 Å². The molecule has 0 spiro atoms. The zero-order chi connectivity index (χ0) is 20.3. The molecule has 0 aliphatic heterocycles. The first-order chi connectivity index (χ1) is 14.3. The van der Waals surface area contributed by atoms with Gasteiger partial charge in [-0.25, -0.2) is 0 Å². The summed E-state index contributed by atoms with van der Waals surface area (Å²) in [5, 5.41) is 0. The van der Waals surface area contributed by atoms with Crippen LogP contribution in [0.15, 0.2) is 66.1 Å². The molecule has 2 nitrogen and oxygen atoms in total. The summed E-state index contributed by atoms with van der Waals surface area (Å²) in [6, 6.07) is 13.2. The fraction of sp³-hybridized carbons (Fsp3) is 0.308. The lowest BCUT2D eigenvalue weighted by Crippen LogP contribution is -1.87. The van der Waals surface area contributed by atoms with E-state index in [1.165, 1.54) is 30.4 Å². The third kappa shape index (κ3) is 6.76. The number of aromatic nitrogens is 2. The highest BCUT2D eigenvalue weighted by molar-refractivity contribution is 7.98. The molecule has 29 heavy (non-hydrogen) atoms. The minimum atomic E-state index is 0.941. The maximum atomic E-state index is 4.44. The number of aryl methyl sites for hydroxylation is 1. The zero-order valence-corrected chi connectivity index (χ0v) is 18.1. The van der Waals surface area contributed by atoms with Gasteiger partial charge >= 0.3 is 0 Å². The Bertz CT molecular complexity index is 968. The number of thioether (sulfide) groups is 1. The molecule has 0 radical (unpaired) electrons. The summed E-state index contributed by atoms with van der Waals surface area (Å²) in [5.41, 5.74) is 5.82. The Morgan fingerprint density at radius 2 is 1.55 bits per heavy atom. The average Bonchev–Trinajstić information content (AvgIpc) is 2.78. The van der Waals surface area contributed by atoms with E-state index in [0.29, 0.717) is 0 Å². The molecular weight excluding hydrogens is 372 g/mol. The first-order valence-electron chi connectivity index (χ1n) is 10.4. The van der Waals surface area contributed by atoms with Gasteiger partial charge in [0.25, 0.3) is 0 Å². The van der Waals surface area contributed by atoms with E-state index in [-0.39, 0.29) is 0 Å². The lowest BCUT2D eigenvalue weighted by Gasteiger charge is -2.06. The van der Waals surface area contributed by atoms with Crippen molar-refractivity contribution in [1.82, 2.24) is 9.97 Å². The van der Waals surface area contributed by atoms with Gasteiger partial charge in [-0.15, -0.1) is 11.8 Å². The van der Waals surface area contributed by atoms with E-state index >= 15 is 0 Å².